The fraction of sp³-hybridized carbons (Fsp3) is 0.333. The number of benzene rings is 1. The second-order valence-electron chi connectivity index (χ2n) is 5.52. The molecule has 134 valence electrons. The zero-order valence-corrected chi connectivity index (χ0v) is 13.4. The minimum absolute atomic E-state index is 0.0794. The first kappa shape index (κ1) is 18.4. The summed E-state index contributed by atoms with van der Waals surface area (Å²) < 4.78 is 39.3. The van der Waals surface area contributed by atoms with Gasteiger partial charge in [0.1, 0.15) is 6.54 Å². The molecule has 25 heavy (non-hydrogen) atoms. The molecule has 0 spiro atoms. The highest BCUT2D eigenvalue weighted by Crippen LogP contribution is 2.30. The molecule has 1 N–H and O–H groups in total. The standard InChI is InChI=1S/C15H15F3N4O3/c1-9(2)21(8-13(23)24)14(25)12-7-22(20-19-12)11-5-3-4-10(6-11)15(16,17)18/h3-7,9H,8H2,1-2H3,(H,23,24). The van der Waals surface area contributed by atoms with Crippen LogP contribution in [0.25, 0.3) is 5.69 Å². The summed E-state index contributed by atoms with van der Waals surface area (Å²) in [5, 5.41) is 16.2. The Kier molecular flexibility index (Phi) is 5.10. The third-order valence-electron chi connectivity index (χ3n) is 3.34. The van der Waals surface area contributed by atoms with Crippen LogP contribution in [0.1, 0.15) is 29.9 Å². The number of amides is 1. The minimum atomic E-state index is -4.51. The molecule has 7 nitrogen and oxygen atoms in total. The second kappa shape index (κ2) is 6.91. The van der Waals surface area contributed by atoms with Crippen molar-refractivity contribution in [3.8, 4) is 5.69 Å². The van der Waals surface area contributed by atoms with Gasteiger partial charge in [0.05, 0.1) is 17.4 Å². The maximum absolute atomic E-state index is 12.8. The Labute approximate surface area is 140 Å². The molecule has 0 atom stereocenters. The average molecular weight is 356 g/mol. The monoisotopic (exact) mass is 356 g/mol. The molecule has 0 saturated carbocycles. The van der Waals surface area contributed by atoms with Gasteiger partial charge in [-0.2, -0.15) is 13.2 Å². The predicted molar refractivity (Wildman–Crippen MR) is 80.2 cm³/mol. The highest BCUT2D eigenvalue weighted by atomic mass is 19.4. The van der Waals surface area contributed by atoms with Crippen molar-refractivity contribution in [1.82, 2.24) is 19.9 Å². The zero-order chi connectivity index (χ0) is 18.8. The molecular formula is C15H15F3N4O3. The van der Waals surface area contributed by atoms with Crippen LogP contribution in [-0.4, -0.2) is 49.5 Å². The highest BCUT2D eigenvalue weighted by Gasteiger charge is 2.31. The minimum Gasteiger partial charge on any atom is -0.480 e. The van der Waals surface area contributed by atoms with Crippen molar-refractivity contribution in [2.75, 3.05) is 6.54 Å². The van der Waals surface area contributed by atoms with E-state index < -0.39 is 36.2 Å². The lowest BCUT2D eigenvalue weighted by atomic mass is 10.2. The number of nitrogens with zero attached hydrogens (tertiary/aromatic N) is 4. The van der Waals surface area contributed by atoms with Crippen molar-refractivity contribution in [3.05, 3.63) is 41.7 Å². The van der Waals surface area contributed by atoms with E-state index in [1.807, 2.05) is 0 Å². The van der Waals surface area contributed by atoms with Gasteiger partial charge < -0.3 is 10.0 Å². The summed E-state index contributed by atoms with van der Waals surface area (Å²) in [4.78, 5) is 24.3. The van der Waals surface area contributed by atoms with E-state index in [1.165, 1.54) is 12.1 Å². The number of rotatable bonds is 5. The number of halogens is 3. The number of hydrogen-bond acceptors (Lipinski definition) is 4. The summed E-state index contributed by atoms with van der Waals surface area (Å²) >= 11 is 0. The molecule has 0 aliphatic heterocycles. The average Bonchev–Trinajstić information content (AvgIpc) is 3.01. The van der Waals surface area contributed by atoms with Gasteiger partial charge in [-0.15, -0.1) is 5.10 Å². The molecule has 0 saturated heterocycles. The molecule has 1 amide bonds. The van der Waals surface area contributed by atoms with Crippen LogP contribution in [0.2, 0.25) is 0 Å². The van der Waals surface area contributed by atoms with Gasteiger partial charge in [0.2, 0.25) is 0 Å². The molecule has 0 aliphatic rings. The molecule has 0 unspecified atom stereocenters. The van der Waals surface area contributed by atoms with Gasteiger partial charge in [0, 0.05) is 6.04 Å². The van der Waals surface area contributed by atoms with Crippen molar-refractivity contribution >= 4 is 11.9 Å². The van der Waals surface area contributed by atoms with Crippen molar-refractivity contribution in [2.45, 2.75) is 26.1 Å². The maximum Gasteiger partial charge on any atom is 0.416 e. The Morgan fingerprint density at radius 3 is 2.56 bits per heavy atom. The molecule has 2 aromatic rings. The van der Waals surface area contributed by atoms with Crippen LogP contribution >= 0.6 is 0 Å². The van der Waals surface area contributed by atoms with Gasteiger partial charge >= 0.3 is 12.1 Å². The smallest absolute Gasteiger partial charge is 0.416 e. The normalized spacial score (nSPS) is 11.6. The second-order valence-corrected chi connectivity index (χ2v) is 5.52. The van der Waals surface area contributed by atoms with Gasteiger partial charge in [0.15, 0.2) is 5.69 Å². The van der Waals surface area contributed by atoms with Crippen LogP contribution in [0.3, 0.4) is 0 Å². The fourth-order valence-electron chi connectivity index (χ4n) is 2.09. The first-order chi connectivity index (χ1) is 11.6. The van der Waals surface area contributed by atoms with E-state index in [1.54, 1.807) is 13.8 Å². The number of carboxylic acid groups (broad SMARTS) is 1. The maximum atomic E-state index is 12.8. The van der Waals surface area contributed by atoms with Crippen LogP contribution in [0.5, 0.6) is 0 Å². The number of hydrogen-bond donors (Lipinski definition) is 1. The van der Waals surface area contributed by atoms with E-state index in [0.717, 1.165) is 27.9 Å². The lowest BCUT2D eigenvalue weighted by Gasteiger charge is -2.23. The number of carbonyl (C=O) groups is 2. The van der Waals surface area contributed by atoms with Gasteiger partial charge in [0.25, 0.3) is 5.91 Å². The molecule has 1 heterocycles. The Balaban J connectivity index is 2.30. The van der Waals surface area contributed by atoms with Gasteiger partial charge in [-0.3, -0.25) is 9.59 Å². The van der Waals surface area contributed by atoms with E-state index in [-0.39, 0.29) is 11.4 Å². The van der Waals surface area contributed by atoms with Crippen LogP contribution in [0.4, 0.5) is 13.2 Å². The number of carbonyl (C=O) groups excluding carboxylic acids is 1. The van der Waals surface area contributed by atoms with Crippen molar-refractivity contribution in [3.63, 3.8) is 0 Å². The molecule has 2 rings (SSSR count). The Hall–Kier alpha value is -2.91. The van der Waals surface area contributed by atoms with Crippen LogP contribution in [0.15, 0.2) is 30.5 Å². The zero-order valence-electron chi connectivity index (χ0n) is 13.4. The number of aliphatic carboxylic acids is 1. The Bertz CT molecular complexity index is 786. The molecule has 10 heteroatoms. The number of alkyl halides is 3. The first-order valence-electron chi connectivity index (χ1n) is 7.22. The summed E-state index contributed by atoms with van der Waals surface area (Å²) in [7, 11) is 0. The first-order valence-corrected chi connectivity index (χ1v) is 7.22. The fourth-order valence-corrected chi connectivity index (χ4v) is 2.09. The third kappa shape index (κ3) is 4.34. The van der Waals surface area contributed by atoms with Crippen LogP contribution < -0.4 is 0 Å². The lowest BCUT2D eigenvalue weighted by molar-refractivity contribution is -0.138. The molecule has 1 aromatic heterocycles. The van der Waals surface area contributed by atoms with Gasteiger partial charge in [-0.25, -0.2) is 4.68 Å². The van der Waals surface area contributed by atoms with E-state index in [0.29, 0.717) is 0 Å². The quantitative estimate of drug-likeness (QED) is 0.887. The Morgan fingerprint density at radius 2 is 2.00 bits per heavy atom. The van der Waals surface area contributed by atoms with E-state index in [2.05, 4.69) is 10.3 Å². The van der Waals surface area contributed by atoms with Gasteiger partial charge in [-0.05, 0) is 32.0 Å². The predicted octanol–water partition coefficient (Wildman–Crippen LogP) is 2.22. The summed E-state index contributed by atoms with van der Waals surface area (Å²) in [5.74, 6) is -1.86. The largest absolute Gasteiger partial charge is 0.480 e. The summed E-state index contributed by atoms with van der Waals surface area (Å²) in [6.07, 6.45) is -3.35. The lowest BCUT2D eigenvalue weighted by Crippen LogP contribution is -2.40. The third-order valence-corrected chi connectivity index (χ3v) is 3.34. The van der Waals surface area contributed by atoms with E-state index >= 15 is 0 Å². The molecule has 0 fully saturated rings. The van der Waals surface area contributed by atoms with Crippen molar-refractivity contribution < 1.29 is 27.9 Å². The summed E-state index contributed by atoms with van der Waals surface area (Å²) in [6, 6.07) is 3.99. The SMILES string of the molecule is CC(C)N(CC(=O)O)C(=O)c1cn(-c2cccc(C(F)(F)F)c2)nn1. The molecule has 0 aliphatic carbocycles. The van der Waals surface area contributed by atoms with Crippen molar-refractivity contribution in [2.24, 2.45) is 0 Å². The number of carboxylic acids is 1. The van der Waals surface area contributed by atoms with Crippen LogP contribution in [0, 0.1) is 0 Å². The topological polar surface area (TPSA) is 88.3 Å². The molecule has 0 radical (unpaired) electrons. The molecule has 1 aromatic carbocycles. The summed E-state index contributed by atoms with van der Waals surface area (Å²) in [5.41, 5.74) is -0.939. The van der Waals surface area contributed by atoms with E-state index in [4.69, 9.17) is 5.11 Å². The highest BCUT2D eigenvalue weighted by molar-refractivity contribution is 5.94. The van der Waals surface area contributed by atoms with Gasteiger partial charge in [-0.1, -0.05) is 11.3 Å². The molecule has 0 bridgehead atoms. The van der Waals surface area contributed by atoms with E-state index in [9.17, 15) is 22.8 Å². The van der Waals surface area contributed by atoms with Crippen LogP contribution in [-0.2, 0) is 11.0 Å². The number of aromatic nitrogens is 3. The Morgan fingerprint density at radius 1 is 1.32 bits per heavy atom. The summed E-state index contributed by atoms with van der Waals surface area (Å²) in [6.45, 7) is 2.75. The van der Waals surface area contributed by atoms with Crippen molar-refractivity contribution in [1.29, 1.82) is 0 Å². The molecular weight excluding hydrogens is 341 g/mol.